The number of allylic oxidation sites excluding steroid dienone is 5. The van der Waals surface area contributed by atoms with Gasteiger partial charge in [0.25, 0.3) is 0 Å². The third kappa shape index (κ3) is 14.7. The van der Waals surface area contributed by atoms with Gasteiger partial charge in [-0.1, -0.05) is 152 Å². The van der Waals surface area contributed by atoms with Crippen molar-refractivity contribution >= 4 is 11.9 Å². The summed E-state index contributed by atoms with van der Waals surface area (Å²) in [6.45, 7) is 25.8. The van der Waals surface area contributed by atoms with E-state index in [1.165, 1.54) is 16.7 Å². The van der Waals surface area contributed by atoms with Gasteiger partial charge in [0, 0.05) is 68.9 Å². The molecule has 5 heterocycles. The molecule has 0 spiro atoms. The van der Waals surface area contributed by atoms with Crippen molar-refractivity contribution in [3.05, 3.63) is 198 Å². The first kappa shape index (κ1) is 80.9. The summed E-state index contributed by atoms with van der Waals surface area (Å²) in [6.07, 6.45) is 30.1. The number of benzene rings is 7. The molecule has 115 heavy (non-hydrogen) atoms. The number of unbranched alkanes of at least 4 members (excludes halogenated alkanes) is 8. The van der Waals surface area contributed by atoms with Gasteiger partial charge in [-0.2, -0.15) is 0 Å². The van der Waals surface area contributed by atoms with Crippen LogP contribution in [-0.4, -0.2) is 64.5 Å². The van der Waals surface area contributed by atoms with E-state index in [4.69, 9.17) is 23.7 Å². The molecule has 7 N–H and O–H groups in total. The summed E-state index contributed by atoms with van der Waals surface area (Å²) in [5.41, 5.74) is 11.4. The third-order valence-electron chi connectivity index (χ3n) is 28.2. The minimum atomic E-state index is -1.22. The van der Waals surface area contributed by atoms with Crippen LogP contribution < -0.4 is 23.7 Å². The predicted molar refractivity (Wildman–Crippen MR) is 454 cm³/mol. The molecule has 0 aromatic heterocycles. The number of carbonyl (C=O) groups is 2. The smallest absolute Gasteiger partial charge is 0.339 e. The van der Waals surface area contributed by atoms with Crippen LogP contribution in [0.25, 0.3) is 22.3 Å². The van der Waals surface area contributed by atoms with Gasteiger partial charge in [-0.3, -0.25) is 0 Å². The van der Waals surface area contributed by atoms with Gasteiger partial charge in [-0.25, -0.2) is 9.59 Å². The number of carboxylic acid groups (broad SMARTS) is 2. The molecular weight excluding hydrogens is 1440 g/mol. The molecule has 610 valence electrons. The molecule has 15 rings (SSSR count). The van der Waals surface area contributed by atoms with Gasteiger partial charge in [0.05, 0.1) is 11.1 Å². The van der Waals surface area contributed by atoms with E-state index in [1.54, 1.807) is 0 Å². The Morgan fingerprint density at radius 3 is 1.69 bits per heavy atom. The summed E-state index contributed by atoms with van der Waals surface area (Å²) >= 11 is 0. The van der Waals surface area contributed by atoms with E-state index < -0.39 is 39.9 Å². The van der Waals surface area contributed by atoms with Crippen molar-refractivity contribution in [3.8, 4) is 79.7 Å². The fraction of sp³-hybridized carbons (Fsp3) is 0.505. The first-order valence-corrected chi connectivity index (χ1v) is 43.7. The van der Waals surface area contributed by atoms with Crippen LogP contribution in [0.3, 0.4) is 0 Å². The Bertz CT molecular complexity index is 5050. The number of phenolic OH excluding ortho intramolecular Hbond substituents is 3. The fourth-order valence-electron chi connectivity index (χ4n) is 21.9. The summed E-state index contributed by atoms with van der Waals surface area (Å²) in [4.78, 5) is 26.5. The van der Waals surface area contributed by atoms with Gasteiger partial charge in [-0.05, 0) is 275 Å². The lowest BCUT2D eigenvalue weighted by atomic mass is 9.59. The van der Waals surface area contributed by atoms with Crippen molar-refractivity contribution in [2.45, 2.75) is 309 Å². The molecule has 10 atom stereocenters. The first-order valence-electron chi connectivity index (χ1n) is 43.7. The van der Waals surface area contributed by atoms with E-state index in [2.05, 4.69) is 149 Å². The quantitative estimate of drug-likeness (QED) is 0.0179. The Morgan fingerprint density at radius 2 is 1.03 bits per heavy atom. The normalized spacial score (nSPS) is 24.9. The van der Waals surface area contributed by atoms with E-state index in [0.29, 0.717) is 108 Å². The number of rotatable bonds is 28. The lowest BCUT2D eigenvalue weighted by Crippen LogP contribution is -2.52. The average molecular weight is 1560 g/mol. The fourth-order valence-corrected chi connectivity index (χ4v) is 21.9. The molecule has 14 heteroatoms. The minimum absolute atomic E-state index is 0.00578. The molecule has 0 fully saturated rings. The highest BCUT2D eigenvalue weighted by molar-refractivity contribution is 5.99. The lowest BCUT2D eigenvalue weighted by Gasteiger charge is -2.53. The first-order chi connectivity index (χ1) is 55.1. The Kier molecular flexibility index (Phi) is 22.5. The van der Waals surface area contributed by atoms with E-state index in [-0.39, 0.29) is 69.6 Å². The number of aromatic hydroxyl groups is 5. The highest BCUT2D eigenvalue weighted by atomic mass is 16.5. The van der Waals surface area contributed by atoms with Crippen LogP contribution in [0.5, 0.6) is 57.5 Å². The molecule has 0 amide bonds. The van der Waals surface area contributed by atoms with Crippen molar-refractivity contribution in [1.29, 1.82) is 0 Å². The molecule has 7 aromatic rings. The van der Waals surface area contributed by atoms with Crippen molar-refractivity contribution < 1.29 is 69.0 Å². The Labute approximate surface area is 681 Å². The second-order valence-corrected chi connectivity index (χ2v) is 36.5. The molecule has 8 aliphatic rings. The van der Waals surface area contributed by atoms with Crippen molar-refractivity contribution in [2.75, 3.05) is 0 Å². The molecule has 0 saturated carbocycles. The van der Waals surface area contributed by atoms with Crippen LogP contribution in [0.1, 0.15) is 330 Å². The maximum absolute atomic E-state index is 13.7. The number of hydrogen-bond donors (Lipinski definition) is 7. The van der Waals surface area contributed by atoms with Crippen LogP contribution in [0, 0.1) is 17.8 Å². The number of fused-ring (bicyclic) bond motifs is 15. The topological polar surface area (TPSA) is 222 Å². The Balaban J connectivity index is 0.798. The minimum Gasteiger partial charge on any atom is -0.508 e. The van der Waals surface area contributed by atoms with Gasteiger partial charge < -0.3 is 59.4 Å². The number of ether oxygens (including phenoxy) is 5. The average Bonchev–Trinajstić information content (AvgIpc) is 0.718. The van der Waals surface area contributed by atoms with Gasteiger partial charge >= 0.3 is 11.9 Å². The molecular formula is C101H122O14. The molecule has 7 aromatic carbocycles. The van der Waals surface area contributed by atoms with Crippen LogP contribution in [0.4, 0.5) is 0 Å². The molecule has 0 radical (unpaired) electrons. The summed E-state index contributed by atoms with van der Waals surface area (Å²) < 4.78 is 36.6. The standard InChI is InChI=1S/C101H122O14/c1-13-18-22-27-61-48-80(104)90-71-56-66(34-39-73(71)97(7,8)111-81(90)51-61)100(11)76-37-32-60(47-69(76)88-78(102)49-62(28-23-19-14-2)52-82(88)114-100)42-44-99(10)75-40-35-67(57-72(75)92-85(113-99)55-65(30-25-21-16-4)87(94(92)106)96(109)110)101(12)77-38-33-59(46-70(77)89-79(103)50-63(29-24-20-15-3)53-83(89)115-101)41-43-98(9)74-36-31-58(6)45-68(74)91-84(112-98)54-64(26-17-5)86(93(91)105)95(107)108/h33-35,38,40,45-55,57,68-69,71,73-74,76,102-106H,13-32,36-37,39,41-44,56H2,1-12H3,(H,107,108)(H,109,110)/t68-,69-,71-,73-,74-,76-,98?,99?,100?,101?/m1/s1. The number of hydrogen-bond acceptors (Lipinski definition) is 12. The Hall–Kier alpha value is -9.30. The van der Waals surface area contributed by atoms with Crippen LogP contribution in [-0.2, 0) is 49.7 Å². The van der Waals surface area contributed by atoms with Crippen LogP contribution >= 0.6 is 0 Å². The van der Waals surface area contributed by atoms with E-state index in [1.807, 2.05) is 37.3 Å². The highest BCUT2D eigenvalue weighted by Gasteiger charge is 2.56. The van der Waals surface area contributed by atoms with E-state index >= 15 is 0 Å². The lowest BCUT2D eigenvalue weighted by molar-refractivity contribution is -0.0128. The monoisotopic (exact) mass is 1560 g/mol. The SMILES string of the molecule is CCCCCc1cc(O)c2c(c1)OC(C)(c1ccc3c(c1)-c1c(cc(CCCCC)c(C(=O)O)c1O)OC3(C)CCC1=C[C@H]3c4c(O)cc(CCCCC)cc4OC(C)(C4=CC[C@@H]5[C@@H](C4)c4c(O)cc(CCCCC)cc4OC5(C)C)[C@@H]3CC1)c1ccc(CCC3(C)Oc4cc(CCC)c(C(=O)O)c(O)c4[C@@H]4C=C(C)CC[C@H]43)cc1-2. The number of aryl methyl sites for hydroxylation is 6. The maximum atomic E-state index is 13.7. The largest absolute Gasteiger partial charge is 0.508 e. The molecule has 4 unspecified atom stereocenters. The van der Waals surface area contributed by atoms with Crippen molar-refractivity contribution in [3.63, 3.8) is 0 Å². The summed E-state index contributed by atoms with van der Waals surface area (Å²) in [5, 5.41) is 83.4. The zero-order valence-electron chi connectivity index (χ0n) is 70.1. The zero-order valence-corrected chi connectivity index (χ0v) is 70.1. The molecule has 3 aliphatic carbocycles. The third-order valence-corrected chi connectivity index (χ3v) is 28.2. The Morgan fingerprint density at radius 1 is 0.461 bits per heavy atom. The molecule has 0 saturated heterocycles. The summed E-state index contributed by atoms with van der Waals surface area (Å²) in [5.74, 6) is 0.291. The molecule has 0 bridgehead atoms. The zero-order chi connectivity index (χ0) is 81.4. The van der Waals surface area contributed by atoms with E-state index in [0.717, 1.165) is 196 Å². The maximum Gasteiger partial charge on any atom is 0.339 e. The van der Waals surface area contributed by atoms with E-state index in [9.17, 15) is 45.3 Å². The summed E-state index contributed by atoms with van der Waals surface area (Å²) in [7, 11) is 0. The van der Waals surface area contributed by atoms with Gasteiger partial charge in [-0.15, -0.1) is 0 Å². The highest BCUT2D eigenvalue weighted by Crippen LogP contribution is 2.64. The van der Waals surface area contributed by atoms with Gasteiger partial charge in [0.1, 0.15) is 91.0 Å². The number of carboxylic acids is 2. The van der Waals surface area contributed by atoms with Gasteiger partial charge in [0.15, 0.2) is 5.60 Å². The predicted octanol–water partition coefficient (Wildman–Crippen LogP) is 24.7. The molecule has 5 aliphatic heterocycles. The van der Waals surface area contributed by atoms with Gasteiger partial charge in [0.2, 0.25) is 0 Å². The second-order valence-electron chi connectivity index (χ2n) is 36.5. The number of phenols is 5. The van der Waals surface area contributed by atoms with Crippen molar-refractivity contribution in [2.24, 2.45) is 17.8 Å². The molecule has 14 nitrogen and oxygen atoms in total. The summed E-state index contributed by atoms with van der Waals surface area (Å²) in [6, 6.07) is 28.6. The number of aromatic carboxylic acids is 2. The van der Waals surface area contributed by atoms with Crippen molar-refractivity contribution in [1.82, 2.24) is 0 Å². The second kappa shape index (κ2) is 32.0. The van der Waals surface area contributed by atoms with Crippen LogP contribution in [0.2, 0.25) is 0 Å². The van der Waals surface area contributed by atoms with Crippen LogP contribution in [0.15, 0.2) is 120 Å².